The Morgan fingerprint density at radius 1 is 1.37 bits per heavy atom. The summed E-state index contributed by atoms with van der Waals surface area (Å²) in [6.07, 6.45) is 5.85. The van der Waals surface area contributed by atoms with Crippen molar-refractivity contribution in [3.05, 3.63) is 24.3 Å². The summed E-state index contributed by atoms with van der Waals surface area (Å²) in [5.41, 5.74) is 0. The molecule has 2 unspecified atom stereocenters. The molecule has 1 aromatic rings. The van der Waals surface area contributed by atoms with E-state index in [1.54, 1.807) is 0 Å². The lowest BCUT2D eigenvalue weighted by atomic mass is 9.80. The third kappa shape index (κ3) is 3.09. The van der Waals surface area contributed by atoms with Crippen molar-refractivity contribution in [2.24, 2.45) is 5.92 Å². The second kappa shape index (κ2) is 6.19. The Bertz CT molecular complexity index is 419. The summed E-state index contributed by atoms with van der Waals surface area (Å²) in [7, 11) is 0. The topological polar surface area (TPSA) is 21.3 Å². The van der Waals surface area contributed by atoms with E-state index in [1.807, 2.05) is 11.8 Å². The molecule has 104 valence electrons. The van der Waals surface area contributed by atoms with Crippen molar-refractivity contribution in [3.63, 3.8) is 0 Å². The van der Waals surface area contributed by atoms with E-state index in [0.29, 0.717) is 12.1 Å². The summed E-state index contributed by atoms with van der Waals surface area (Å²) in [6.45, 7) is 3.22. The molecule has 1 fully saturated rings. The Morgan fingerprint density at radius 3 is 2.95 bits per heavy atom. The van der Waals surface area contributed by atoms with Crippen LogP contribution < -0.4 is 10.1 Å². The third-order valence-corrected chi connectivity index (χ3v) is 5.40. The van der Waals surface area contributed by atoms with Crippen molar-refractivity contribution in [2.75, 3.05) is 12.3 Å². The Balaban J connectivity index is 1.66. The van der Waals surface area contributed by atoms with Crippen molar-refractivity contribution in [1.82, 2.24) is 5.32 Å². The largest absolute Gasteiger partial charge is 0.487 e. The fourth-order valence-electron chi connectivity index (χ4n) is 2.95. The molecule has 19 heavy (non-hydrogen) atoms. The van der Waals surface area contributed by atoms with Crippen LogP contribution in [0.3, 0.4) is 0 Å². The van der Waals surface area contributed by atoms with Gasteiger partial charge in [0.1, 0.15) is 11.9 Å². The molecule has 1 saturated carbocycles. The van der Waals surface area contributed by atoms with Gasteiger partial charge in [-0.1, -0.05) is 38.3 Å². The Hall–Kier alpha value is -0.670. The lowest BCUT2D eigenvalue weighted by Crippen LogP contribution is -2.47. The van der Waals surface area contributed by atoms with Gasteiger partial charge in [0.05, 0.1) is 0 Å². The van der Waals surface area contributed by atoms with Crippen LogP contribution in [0, 0.1) is 5.92 Å². The van der Waals surface area contributed by atoms with Gasteiger partial charge in [0.15, 0.2) is 0 Å². The molecule has 0 bridgehead atoms. The maximum absolute atomic E-state index is 6.23. The summed E-state index contributed by atoms with van der Waals surface area (Å²) in [5, 5.41) is 3.64. The molecule has 1 aliphatic heterocycles. The first-order valence-electron chi connectivity index (χ1n) is 7.48. The van der Waals surface area contributed by atoms with Crippen LogP contribution in [-0.2, 0) is 0 Å². The number of rotatable bonds is 5. The molecule has 0 radical (unpaired) electrons. The number of hydrogen-bond donors (Lipinski definition) is 1. The highest BCUT2D eigenvalue weighted by molar-refractivity contribution is 7.99. The number of hydrogen-bond acceptors (Lipinski definition) is 3. The maximum atomic E-state index is 6.23. The van der Waals surface area contributed by atoms with E-state index in [1.165, 1.54) is 30.6 Å². The van der Waals surface area contributed by atoms with Crippen LogP contribution >= 0.6 is 11.8 Å². The molecule has 1 aromatic carbocycles. The van der Waals surface area contributed by atoms with Crippen molar-refractivity contribution < 1.29 is 4.74 Å². The average molecular weight is 277 g/mol. The van der Waals surface area contributed by atoms with Crippen LogP contribution in [0.4, 0.5) is 0 Å². The minimum atomic E-state index is 0.320. The zero-order valence-electron chi connectivity index (χ0n) is 11.6. The average Bonchev–Trinajstić information content (AvgIpc) is 2.41. The van der Waals surface area contributed by atoms with Crippen molar-refractivity contribution in [3.8, 4) is 5.75 Å². The molecule has 0 saturated heterocycles. The van der Waals surface area contributed by atoms with Gasteiger partial charge in [0.2, 0.25) is 0 Å². The van der Waals surface area contributed by atoms with Gasteiger partial charge in [-0.15, -0.1) is 11.8 Å². The van der Waals surface area contributed by atoms with Gasteiger partial charge in [-0.2, -0.15) is 0 Å². The van der Waals surface area contributed by atoms with E-state index in [2.05, 4.69) is 36.5 Å². The molecule has 2 atom stereocenters. The van der Waals surface area contributed by atoms with Crippen LogP contribution in [0.2, 0.25) is 0 Å². The Kier molecular flexibility index (Phi) is 4.34. The van der Waals surface area contributed by atoms with Crippen molar-refractivity contribution in [1.29, 1.82) is 0 Å². The number of nitrogens with one attached hydrogen (secondary N) is 1. The number of thioether (sulfide) groups is 1. The molecule has 2 aliphatic rings. The molecule has 0 spiro atoms. The highest BCUT2D eigenvalue weighted by atomic mass is 32.2. The van der Waals surface area contributed by atoms with Crippen molar-refractivity contribution in [2.45, 2.75) is 49.6 Å². The van der Waals surface area contributed by atoms with Crippen LogP contribution in [0.5, 0.6) is 5.75 Å². The van der Waals surface area contributed by atoms with E-state index in [-0.39, 0.29) is 0 Å². The maximum Gasteiger partial charge on any atom is 0.133 e. The molecule has 0 aromatic heterocycles. The summed E-state index contributed by atoms with van der Waals surface area (Å²) in [6, 6.07) is 8.92. The van der Waals surface area contributed by atoms with Crippen molar-refractivity contribution >= 4 is 11.8 Å². The first-order chi connectivity index (χ1) is 9.36. The number of ether oxygens (including phenoxy) is 1. The molecule has 1 aliphatic carbocycles. The number of fused-ring (bicyclic) bond motifs is 1. The molecule has 3 heteroatoms. The van der Waals surface area contributed by atoms with E-state index in [4.69, 9.17) is 4.74 Å². The minimum absolute atomic E-state index is 0.320. The quantitative estimate of drug-likeness (QED) is 0.886. The van der Waals surface area contributed by atoms with Gasteiger partial charge in [0.25, 0.3) is 0 Å². The van der Waals surface area contributed by atoms with E-state index in [9.17, 15) is 0 Å². The van der Waals surface area contributed by atoms with E-state index in [0.717, 1.165) is 24.0 Å². The minimum Gasteiger partial charge on any atom is -0.487 e. The molecular weight excluding hydrogens is 254 g/mol. The summed E-state index contributed by atoms with van der Waals surface area (Å²) >= 11 is 1.94. The smallest absolute Gasteiger partial charge is 0.133 e. The third-order valence-electron chi connectivity index (χ3n) is 4.26. The predicted octanol–water partition coefficient (Wildman–Crippen LogP) is 3.71. The standard InChI is InChI=1S/C16H23NOS/c1-2-17-13(10-12-6-5-7-12)15-11-19-16-9-4-3-8-14(16)18-15/h3-4,8-9,12-13,15,17H,2,5-7,10-11H2,1H3. The Labute approximate surface area is 120 Å². The highest BCUT2D eigenvalue weighted by Crippen LogP contribution is 2.38. The SMILES string of the molecule is CCNC(CC1CCC1)C1CSc2ccccc2O1. The molecule has 1 heterocycles. The lowest BCUT2D eigenvalue weighted by molar-refractivity contribution is 0.135. The molecule has 2 nitrogen and oxygen atoms in total. The Morgan fingerprint density at radius 2 is 2.21 bits per heavy atom. The zero-order valence-corrected chi connectivity index (χ0v) is 12.4. The number of likely N-dealkylation sites (N-methyl/N-ethyl adjacent to an activating group) is 1. The van der Waals surface area contributed by atoms with Gasteiger partial charge in [-0.3, -0.25) is 0 Å². The second-order valence-electron chi connectivity index (χ2n) is 5.61. The van der Waals surface area contributed by atoms with Crippen LogP contribution in [0.25, 0.3) is 0 Å². The fraction of sp³-hybridized carbons (Fsp3) is 0.625. The monoisotopic (exact) mass is 277 g/mol. The van der Waals surface area contributed by atoms with E-state index < -0.39 is 0 Å². The molecule has 3 rings (SSSR count). The van der Waals surface area contributed by atoms with Crippen LogP contribution in [0.15, 0.2) is 29.2 Å². The summed E-state index contributed by atoms with van der Waals surface area (Å²) < 4.78 is 6.23. The molecule has 0 amide bonds. The summed E-state index contributed by atoms with van der Waals surface area (Å²) in [4.78, 5) is 1.29. The van der Waals surface area contributed by atoms with Gasteiger partial charge >= 0.3 is 0 Å². The van der Waals surface area contributed by atoms with Gasteiger partial charge in [-0.05, 0) is 31.0 Å². The second-order valence-corrected chi connectivity index (χ2v) is 6.67. The fourth-order valence-corrected chi connectivity index (χ4v) is 4.03. The first-order valence-corrected chi connectivity index (χ1v) is 8.47. The number of para-hydroxylation sites is 1. The molecule has 1 N–H and O–H groups in total. The number of benzene rings is 1. The van der Waals surface area contributed by atoms with Crippen LogP contribution in [-0.4, -0.2) is 24.4 Å². The first kappa shape index (κ1) is 13.3. The normalized spacial score (nSPS) is 24.2. The lowest BCUT2D eigenvalue weighted by Gasteiger charge is -2.36. The van der Waals surface area contributed by atoms with Gasteiger partial charge in [0, 0.05) is 16.7 Å². The summed E-state index contributed by atoms with van der Waals surface area (Å²) in [5.74, 6) is 3.07. The van der Waals surface area contributed by atoms with Gasteiger partial charge in [-0.25, -0.2) is 0 Å². The van der Waals surface area contributed by atoms with Crippen LogP contribution in [0.1, 0.15) is 32.6 Å². The zero-order chi connectivity index (χ0) is 13.1. The van der Waals surface area contributed by atoms with Gasteiger partial charge < -0.3 is 10.1 Å². The predicted molar refractivity (Wildman–Crippen MR) is 81.0 cm³/mol. The molecular formula is C16H23NOS. The van der Waals surface area contributed by atoms with E-state index >= 15 is 0 Å². The highest BCUT2D eigenvalue weighted by Gasteiger charge is 2.31.